The number of hydrogen-bond donors (Lipinski definition) is 3. The zero-order valence-electron chi connectivity index (χ0n) is 16.4. The van der Waals surface area contributed by atoms with E-state index in [0.717, 1.165) is 37.1 Å². The molecule has 0 aliphatic carbocycles. The monoisotopic (exact) mass is 401 g/mol. The number of urea groups is 1. The number of halogens is 1. The van der Waals surface area contributed by atoms with Gasteiger partial charge < -0.3 is 20.5 Å². The molecule has 0 saturated carbocycles. The second kappa shape index (κ2) is 10.8. The largest absolute Gasteiger partial charge is 0.508 e. The van der Waals surface area contributed by atoms with Crippen LogP contribution < -0.4 is 10.6 Å². The molecule has 1 atom stereocenters. The Kier molecular flexibility index (Phi) is 7.84. The molecular weight excluding hydrogens is 373 g/mol. The van der Waals surface area contributed by atoms with Crippen molar-refractivity contribution < 1.29 is 19.0 Å². The van der Waals surface area contributed by atoms with Crippen molar-refractivity contribution >= 4 is 6.03 Å². The second-order valence-corrected chi connectivity index (χ2v) is 7.12. The molecule has 1 aliphatic heterocycles. The maximum atomic E-state index is 13.3. The van der Waals surface area contributed by atoms with Crippen molar-refractivity contribution in [3.05, 3.63) is 65.5 Å². The Bertz CT molecular complexity index is 762. The van der Waals surface area contributed by atoms with Crippen LogP contribution in [0.2, 0.25) is 0 Å². The number of morpholine rings is 1. The van der Waals surface area contributed by atoms with E-state index in [2.05, 4.69) is 15.5 Å². The molecule has 6 nitrogen and oxygen atoms in total. The first kappa shape index (κ1) is 21.1. The maximum Gasteiger partial charge on any atom is 0.314 e. The highest BCUT2D eigenvalue weighted by Crippen LogP contribution is 2.21. The molecule has 0 bridgehead atoms. The predicted molar refractivity (Wildman–Crippen MR) is 109 cm³/mol. The molecule has 156 valence electrons. The summed E-state index contributed by atoms with van der Waals surface area (Å²) >= 11 is 0. The summed E-state index contributed by atoms with van der Waals surface area (Å²) in [4.78, 5) is 14.5. The lowest BCUT2D eigenvalue weighted by Gasteiger charge is -2.35. The number of phenolic OH excluding ortho intramolecular Hbond substituents is 1. The van der Waals surface area contributed by atoms with Gasteiger partial charge in [0.2, 0.25) is 0 Å². The molecule has 3 rings (SSSR count). The van der Waals surface area contributed by atoms with Crippen molar-refractivity contribution in [1.82, 2.24) is 15.5 Å². The van der Waals surface area contributed by atoms with Crippen LogP contribution >= 0.6 is 0 Å². The molecule has 1 fully saturated rings. The van der Waals surface area contributed by atoms with Gasteiger partial charge in [-0.3, -0.25) is 4.90 Å². The minimum atomic E-state index is -0.270. The van der Waals surface area contributed by atoms with Crippen molar-refractivity contribution in [3.63, 3.8) is 0 Å². The Morgan fingerprint density at radius 3 is 2.45 bits per heavy atom. The molecule has 7 heteroatoms. The Hall–Kier alpha value is -2.64. The van der Waals surface area contributed by atoms with Gasteiger partial charge in [0.15, 0.2) is 0 Å². The van der Waals surface area contributed by atoms with Crippen LogP contribution in [0.4, 0.5) is 9.18 Å². The van der Waals surface area contributed by atoms with Crippen molar-refractivity contribution in [3.8, 4) is 5.75 Å². The van der Waals surface area contributed by atoms with Gasteiger partial charge in [0.1, 0.15) is 11.6 Å². The third-order valence-corrected chi connectivity index (χ3v) is 5.06. The highest BCUT2D eigenvalue weighted by Gasteiger charge is 2.23. The lowest BCUT2D eigenvalue weighted by molar-refractivity contribution is 0.0167. The van der Waals surface area contributed by atoms with E-state index in [1.54, 1.807) is 24.3 Å². The van der Waals surface area contributed by atoms with Crippen molar-refractivity contribution in [2.45, 2.75) is 18.9 Å². The first-order valence-electron chi connectivity index (χ1n) is 9.99. The molecular formula is C22H28FN3O3. The Morgan fingerprint density at radius 1 is 1.07 bits per heavy atom. The number of amides is 2. The molecule has 0 radical (unpaired) electrons. The van der Waals surface area contributed by atoms with Crippen LogP contribution in [0.5, 0.6) is 5.75 Å². The number of nitrogens with zero attached hydrogens (tertiary/aromatic N) is 1. The number of phenols is 1. The lowest BCUT2D eigenvalue weighted by Crippen LogP contribution is -2.45. The van der Waals surface area contributed by atoms with Gasteiger partial charge in [-0.15, -0.1) is 0 Å². The Labute approximate surface area is 170 Å². The second-order valence-electron chi connectivity index (χ2n) is 7.12. The topological polar surface area (TPSA) is 73.8 Å². The minimum Gasteiger partial charge on any atom is -0.508 e. The number of carbonyl (C=O) groups is 1. The van der Waals surface area contributed by atoms with Crippen LogP contribution in [0.3, 0.4) is 0 Å². The Balaban J connectivity index is 1.45. The van der Waals surface area contributed by atoms with Crippen LogP contribution in [-0.4, -0.2) is 55.4 Å². The summed E-state index contributed by atoms with van der Waals surface area (Å²) in [5, 5.41) is 15.1. The number of rotatable bonds is 8. The zero-order chi connectivity index (χ0) is 20.5. The van der Waals surface area contributed by atoms with Crippen molar-refractivity contribution in [1.29, 1.82) is 0 Å². The summed E-state index contributed by atoms with van der Waals surface area (Å²) < 4.78 is 18.7. The fraction of sp³-hybridized carbons (Fsp3) is 0.409. The van der Waals surface area contributed by atoms with Gasteiger partial charge in [0, 0.05) is 26.2 Å². The highest BCUT2D eigenvalue weighted by atomic mass is 19.1. The van der Waals surface area contributed by atoms with Crippen LogP contribution in [-0.2, 0) is 11.2 Å². The maximum absolute atomic E-state index is 13.3. The van der Waals surface area contributed by atoms with Gasteiger partial charge in [-0.1, -0.05) is 24.3 Å². The van der Waals surface area contributed by atoms with Gasteiger partial charge in [-0.05, 0) is 48.2 Å². The average Bonchev–Trinajstić information content (AvgIpc) is 2.75. The number of benzene rings is 2. The van der Waals surface area contributed by atoms with Gasteiger partial charge in [0.05, 0.1) is 19.3 Å². The van der Waals surface area contributed by atoms with E-state index in [1.807, 2.05) is 12.1 Å². The van der Waals surface area contributed by atoms with E-state index in [4.69, 9.17) is 4.74 Å². The number of aromatic hydroxyl groups is 1. The van der Waals surface area contributed by atoms with Crippen LogP contribution in [0, 0.1) is 5.82 Å². The summed E-state index contributed by atoms with van der Waals surface area (Å²) in [7, 11) is 0. The van der Waals surface area contributed by atoms with E-state index in [9.17, 15) is 14.3 Å². The van der Waals surface area contributed by atoms with Gasteiger partial charge >= 0.3 is 6.03 Å². The van der Waals surface area contributed by atoms with Gasteiger partial charge in [-0.25, -0.2) is 9.18 Å². The summed E-state index contributed by atoms with van der Waals surface area (Å²) in [6, 6.07) is 13.3. The highest BCUT2D eigenvalue weighted by molar-refractivity contribution is 5.73. The molecule has 0 spiro atoms. The Morgan fingerprint density at radius 2 is 1.76 bits per heavy atom. The quantitative estimate of drug-likeness (QED) is 0.595. The number of nitrogens with one attached hydrogen (secondary N) is 2. The summed E-state index contributed by atoms with van der Waals surface area (Å²) in [6.07, 6.45) is 1.63. The normalized spacial score (nSPS) is 15.6. The SMILES string of the molecule is O=C(NCCCc1ccc(O)cc1)NCC(c1ccc(F)cc1)N1CCOCC1. The minimum absolute atomic E-state index is 0.0257. The lowest BCUT2D eigenvalue weighted by atomic mass is 10.0. The van der Waals surface area contributed by atoms with E-state index >= 15 is 0 Å². The molecule has 1 aliphatic rings. The smallest absolute Gasteiger partial charge is 0.314 e. The summed E-state index contributed by atoms with van der Waals surface area (Å²) in [5.41, 5.74) is 2.09. The number of hydrogen-bond acceptors (Lipinski definition) is 4. The molecule has 1 heterocycles. The third-order valence-electron chi connectivity index (χ3n) is 5.06. The van der Waals surface area contributed by atoms with E-state index in [1.165, 1.54) is 12.1 Å². The van der Waals surface area contributed by atoms with Gasteiger partial charge in [0.25, 0.3) is 0 Å². The first-order chi connectivity index (χ1) is 14.1. The molecule has 0 aromatic heterocycles. The van der Waals surface area contributed by atoms with Crippen molar-refractivity contribution in [2.24, 2.45) is 0 Å². The molecule has 2 aromatic carbocycles. The third kappa shape index (κ3) is 6.73. The van der Waals surface area contributed by atoms with Gasteiger partial charge in [-0.2, -0.15) is 0 Å². The van der Waals surface area contributed by atoms with Crippen molar-refractivity contribution in [2.75, 3.05) is 39.4 Å². The standard InChI is InChI=1S/C22H28FN3O3/c23-19-7-5-18(6-8-19)21(26-12-14-29-15-13-26)16-25-22(28)24-11-1-2-17-3-9-20(27)10-4-17/h3-10,21,27H,1-2,11-16H2,(H2,24,25,28). The van der Waals surface area contributed by atoms with Crippen LogP contribution in [0.15, 0.2) is 48.5 Å². The summed E-state index contributed by atoms with van der Waals surface area (Å²) in [6.45, 7) is 3.86. The summed E-state index contributed by atoms with van der Waals surface area (Å²) in [5.74, 6) is -0.0176. The van der Waals surface area contributed by atoms with Crippen LogP contribution in [0.25, 0.3) is 0 Å². The predicted octanol–water partition coefficient (Wildman–Crippen LogP) is 2.84. The average molecular weight is 401 g/mol. The molecule has 2 amide bonds. The fourth-order valence-electron chi connectivity index (χ4n) is 3.44. The fourth-order valence-corrected chi connectivity index (χ4v) is 3.44. The number of ether oxygens (including phenoxy) is 1. The molecule has 2 aromatic rings. The molecule has 1 saturated heterocycles. The van der Waals surface area contributed by atoms with E-state index in [-0.39, 0.29) is 23.6 Å². The van der Waals surface area contributed by atoms with Crippen LogP contribution in [0.1, 0.15) is 23.6 Å². The van der Waals surface area contributed by atoms with E-state index in [0.29, 0.717) is 26.3 Å². The molecule has 29 heavy (non-hydrogen) atoms. The number of aryl methyl sites for hydroxylation is 1. The molecule has 3 N–H and O–H groups in total. The zero-order valence-corrected chi connectivity index (χ0v) is 16.4. The number of carbonyl (C=O) groups excluding carboxylic acids is 1. The van der Waals surface area contributed by atoms with E-state index < -0.39 is 0 Å². The first-order valence-corrected chi connectivity index (χ1v) is 9.99. The molecule has 1 unspecified atom stereocenters.